The van der Waals surface area contributed by atoms with Crippen LogP contribution >= 0.6 is 0 Å². The van der Waals surface area contributed by atoms with Crippen molar-refractivity contribution in [1.29, 1.82) is 0 Å². The predicted octanol–water partition coefficient (Wildman–Crippen LogP) is 4.11. The summed E-state index contributed by atoms with van der Waals surface area (Å²) in [5, 5.41) is 0. The Morgan fingerprint density at radius 3 is 2.00 bits per heavy atom. The van der Waals surface area contributed by atoms with Crippen LogP contribution in [-0.4, -0.2) is 52.1 Å². The lowest BCUT2D eigenvalue weighted by Gasteiger charge is -2.21. The van der Waals surface area contributed by atoms with Gasteiger partial charge in [0.25, 0.3) is 0 Å². The van der Waals surface area contributed by atoms with Crippen molar-refractivity contribution < 1.29 is 38.1 Å². The van der Waals surface area contributed by atoms with Crippen LogP contribution in [0.4, 0.5) is 0 Å². The molecule has 3 aromatic carbocycles. The van der Waals surface area contributed by atoms with Crippen LogP contribution in [0.3, 0.4) is 0 Å². The summed E-state index contributed by atoms with van der Waals surface area (Å²) >= 11 is 0. The van der Waals surface area contributed by atoms with E-state index < -0.39 is 17.5 Å². The van der Waals surface area contributed by atoms with Gasteiger partial charge >= 0.3 is 5.97 Å². The summed E-state index contributed by atoms with van der Waals surface area (Å²) in [6, 6.07) is 15.0. The van der Waals surface area contributed by atoms with Gasteiger partial charge in [0.1, 0.15) is 13.2 Å². The molecular weight excluding hydrogens is 464 g/mol. The minimum absolute atomic E-state index is 0.192. The van der Waals surface area contributed by atoms with Crippen LogP contribution in [0.2, 0.25) is 0 Å². The van der Waals surface area contributed by atoms with Gasteiger partial charge in [-0.2, -0.15) is 0 Å². The number of hydrogen-bond acceptors (Lipinski definition) is 8. The maximum absolute atomic E-state index is 13.4. The molecule has 4 rings (SSSR count). The second-order valence-corrected chi connectivity index (χ2v) is 8.07. The van der Waals surface area contributed by atoms with Crippen molar-refractivity contribution >= 4 is 17.5 Å². The van der Waals surface area contributed by atoms with Crippen molar-refractivity contribution in [3.8, 4) is 23.0 Å². The molecule has 8 nitrogen and oxygen atoms in total. The fourth-order valence-corrected chi connectivity index (χ4v) is 3.98. The second-order valence-electron chi connectivity index (χ2n) is 8.07. The van der Waals surface area contributed by atoms with E-state index in [-0.39, 0.29) is 11.1 Å². The SMILES string of the molecule is COC(=O)c1ccc(CCc2cc3c(cc2C(=O)C(=O)c2ccc(OC)c(OC)c2)OCCO3)cc1. The molecule has 0 aliphatic carbocycles. The van der Waals surface area contributed by atoms with Crippen LogP contribution in [0.15, 0.2) is 54.6 Å². The first-order chi connectivity index (χ1) is 17.4. The molecule has 0 aromatic heterocycles. The van der Waals surface area contributed by atoms with Crippen LogP contribution < -0.4 is 18.9 Å². The van der Waals surface area contributed by atoms with Gasteiger partial charge < -0.3 is 23.7 Å². The number of hydrogen-bond donors (Lipinski definition) is 0. The third-order valence-corrected chi connectivity index (χ3v) is 5.92. The van der Waals surface area contributed by atoms with Crippen molar-refractivity contribution in [1.82, 2.24) is 0 Å². The number of benzene rings is 3. The maximum Gasteiger partial charge on any atom is 0.337 e. The van der Waals surface area contributed by atoms with Gasteiger partial charge in [-0.1, -0.05) is 12.1 Å². The fourth-order valence-electron chi connectivity index (χ4n) is 3.98. The zero-order valence-corrected chi connectivity index (χ0v) is 20.3. The fraction of sp³-hybridized carbons (Fsp3) is 0.250. The molecule has 1 aliphatic rings. The zero-order valence-electron chi connectivity index (χ0n) is 20.3. The number of ether oxygens (including phenoxy) is 5. The first-order valence-electron chi connectivity index (χ1n) is 11.4. The lowest BCUT2D eigenvalue weighted by atomic mass is 9.93. The molecule has 0 bridgehead atoms. The Labute approximate surface area is 208 Å². The Morgan fingerprint density at radius 2 is 1.36 bits per heavy atom. The average Bonchev–Trinajstić information content (AvgIpc) is 2.94. The Hall–Kier alpha value is -4.33. The molecule has 0 saturated heterocycles. The lowest BCUT2D eigenvalue weighted by molar-refractivity contribution is 0.0600. The van der Waals surface area contributed by atoms with Gasteiger partial charge in [-0.05, 0) is 66.4 Å². The molecule has 0 amide bonds. The van der Waals surface area contributed by atoms with Gasteiger partial charge in [0.05, 0.1) is 26.9 Å². The molecule has 0 saturated carbocycles. The van der Waals surface area contributed by atoms with Crippen LogP contribution in [0.25, 0.3) is 0 Å². The van der Waals surface area contributed by atoms with E-state index in [1.807, 2.05) is 12.1 Å². The summed E-state index contributed by atoms with van der Waals surface area (Å²) < 4.78 is 26.6. The van der Waals surface area contributed by atoms with Gasteiger partial charge in [-0.15, -0.1) is 0 Å². The number of rotatable bonds is 9. The number of Topliss-reactive ketones (excluding diaryl/α,β-unsaturated/α-hetero) is 2. The molecule has 0 atom stereocenters. The summed E-state index contributed by atoms with van der Waals surface area (Å²) in [7, 11) is 4.29. The molecular formula is C28H26O8. The molecule has 0 fully saturated rings. The van der Waals surface area contributed by atoms with Crippen LogP contribution in [0, 0.1) is 0 Å². The van der Waals surface area contributed by atoms with E-state index in [9.17, 15) is 14.4 Å². The molecule has 36 heavy (non-hydrogen) atoms. The van der Waals surface area contributed by atoms with E-state index in [1.165, 1.54) is 33.5 Å². The Balaban J connectivity index is 1.62. The van der Waals surface area contributed by atoms with Crippen molar-refractivity contribution in [2.45, 2.75) is 12.8 Å². The Kier molecular flexibility index (Phi) is 7.53. The molecule has 1 aliphatic heterocycles. The maximum atomic E-state index is 13.4. The van der Waals surface area contributed by atoms with Crippen molar-refractivity contribution in [3.63, 3.8) is 0 Å². The van der Waals surface area contributed by atoms with Crippen molar-refractivity contribution in [2.75, 3.05) is 34.5 Å². The molecule has 186 valence electrons. The quantitative estimate of drug-likeness (QED) is 0.251. The first kappa shape index (κ1) is 24.8. The Morgan fingerprint density at radius 1 is 0.722 bits per heavy atom. The summed E-state index contributed by atoms with van der Waals surface area (Å²) in [5.74, 6) is 0.0403. The molecule has 8 heteroatoms. The van der Waals surface area contributed by atoms with E-state index >= 15 is 0 Å². The molecule has 0 N–H and O–H groups in total. The van der Waals surface area contributed by atoms with Crippen LogP contribution in [-0.2, 0) is 17.6 Å². The third kappa shape index (κ3) is 5.17. The van der Waals surface area contributed by atoms with E-state index in [2.05, 4.69) is 0 Å². The minimum Gasteiger partial charge on any atom is -0.493 e. The van der Waals surface area contributed by atoms with Gasteiger partial charge in [0.2, 0.25) is 11.6 Å². The number of carbonyl (C=O) groups excluding carboxylic acids is 3. The van der Waals surface area contributed by atoms with Gasteiger partial charge in [0.15, 0.2) is 23.0 Å². The van der Waals surface area contributed by atoms with E-state index in [0.717, 1.165) is 5.56 Å². The molecule has 0 unspecified atom stereocenters. The topological polar surface area (TPSA) is 97.4 Å². The van der Waals surface area contributed by atoms with E-state index in [1.54, 1.807) is 30.3 Å². The second kappa shape index (κ2) is 10.9. The number of methoxy groups -OCH3 is 3. The standard InChI is InChI=1S/C28H26O8/c1-32-22-11-10-20(15-23(22)33-2)26(29)27(30)21-16-25-24(35-12-13-36-25)14-19(21)9-6-17-4-7-18(8-5-17)28(31)34-3/h4-5,7-8,10-11,14-16H,6,9,12-13H2,1-3H3. The summed E-state index contributed by atoms with van der Waals surface area (Å²) in [5.41, 5.74) is 2.52. The smallest absolute Gasteiger partial charge is 0.337 e. The summed E-state index contributed by atoms with van der Waals surface area (Å²) in [6.07, 6.45) is 1.04. The lowest BCUT2D eigenvalue weighted by Crippen LogP contribution is -2.20. The molecule has 3 aromatic rings. The Bertz CT molecular complexity index is 1290. The number of carbonyl (C=O) groups is 3. The monoisotopic (exact) mass is 490 g/mol. The van der Waals surface area contributed by atoms with Gasteiger partial charge in [-0.25, -0.2) is 4.79 Å². The normalized spacial score (nSPS) is 12.0. The summed E-state index contributed by atoms with van der Waals surface area (Å²) in [6.45, 7) is 0.759. The van der Waals surface area contributed by atoms with Crippen molar-refractivity contribution in [2.24, 2.45) is 0 Å². The number of ketones is 2. The highest BCUT2D eigenvalue weighted by atomic mass is 16.6. The zero-order chi connectivity index (χ0) is 25.7. The third-order valence-electron chi connectivity index (χ3n) is 5.92. The summed E-state index contributed by atoms with van der Waals surface area (Å²) in [4.78, 5) is 38.3. The van der Waals surface area contributed by atoms with Crippen LogP contribution in [0.5, 0.6) is 23.0 Å². The van der Waals surface area contributed by atoms with E-state index in [4.69, 9.17) is 23.7 Å². The number of esters is 1. The van der Waals surface area contributed by atoms with Crippen molar-refractivity contribution in [3.05, 3.63) is 82.4 Å². The largest absolute Gasteiger partial charge is 0.493 e. The predicted molar refractivity (Wildman–Crippen MR) is 131 cm³/mol. The minimum atomic E-state index is -0.670. The molecule has 0 spiro atoms. The number of fused-ring (bicyclic) bond motifs is 1. The van der Waals surface area contributed by atoms with Gasteiger partial charge in [-0.3, -0.25) is 9.59 Å². The van der Waals surface area contributed by atoms with Gasteiger partial charge in [0, 0.05) is 11.1 Å². The van der Waals surface area contributed by atoms with Crippen LogP contribution in [0.1, 0.15) is 42.2 Å². The highest BCUT2D eigenvalue weighted by Gasteiger charge is 2.26. The average molecular weight is 491 g/mol. The van der Waals surface area contributed by atoms with E-state index in [0.29, 0.717) is 60.2 Å². The highest BCUT2D eigenvalue weighted by molar-refractivity contribution is 6.49. The molecule has 1 heterocycles. The molecule has 0 radical (unpaired) electrons. The highest BCUT2D eigenvalue weighted by Crippen LogP contribution is 2.35. The number of aryl methyl sites for hydroxylation is 2. The first-order valence-corrected chi connectivity index (χ1v) is 11.4.